The molecule has 0 spiro atoms. The number of hydrazone groups is 1. The van der Waals surface area contributed by atoms with Crippen molar-refractivity contribution in [3.05, 3.63) is 72.4 Å². The predicted molar refractivity (Wildman–Crippen MR) is 94.1 cm³/mol. The normalized spacial score (nSPS) is 12.8. The van der Waals surface area contributed by atoms with Crippen LogP contribution in [0.25, 0.3) is 0 Å². The van der Waals surface area contributed by atoms with Crippen LogP contribution >= 0.6 is 0 Å². The first-order chi connectivity index (χ1) is 12.1. The highest BCUT2D eigenvalue weighted by molar-refractivity contribution is 5.87. The van der Waals surface area contributed by atoms with Crippen LogP contribution in [0.4, 0.5) is 18.9 Å². The molecule has 0 atom stereocenters. The number of rotatable bonds is 8. The number of carbonyl (C=O) groups is 1. The lowest BCUT2D eigenvalue weighted by Gasteiger charge is -2.09. The number of nitrogens with one attached hydrogen (secondary N) is 1. The molecule has 5 nitrogen and oxygen atoms in total. The molecule has 0 aliphatic heterocycles. The number of halogens is 3. The van der Waals surface area contributed by atoms with E-state index in [9.17, 15) is 18.0 Å². The third kappa shape index (κ3) is 7.52. The fourth-order valence-corrected chi connectivity index (χ4v) is 1.58. The summed E-state index contributed by atoms with van der Waals surface area (Å²) in [5.74, 6) is -1.38. The number of nitrogens with zero attached hydrogens (tertiary/aromatic N) is 1. The second kappa shape index (κ2) is 9.26. The minimum Gasteiger partial charge on any atom is -0.478 e. The predicted octanol–water partition coefficient (Wildman–Crippen LogP) is 4.68. The fraction of sp³-hybridized carbons (Fsp3) is 0.111. The van der Waals surface area contributed by atoms with Crippen LogP contribution in [0.1, 0.15) is 6.92 Å². The van der Waals surface area contributed by atoms with Gasteiger partial charge in [0.25, 0.3) is 0 Å². The zero-order valence-corrected chi connectivity index (χ0v) is 13.9. The molecular weight excluding hydrogens is 349 g/mol. The van der Waals surface area contributed by atoms with Gasteiger partial charge in [0, 0.05) is 5.57 Å². The summed E-state index contributed by atoms with van der Waals surface area (Å²) in [6.45, 7) is 8.85. The van der Waals surface area contributed by atoms with Gasteiger partial charge in [0.15, 0.2) is 0 Å². The van der Waals surface area contributed by atoms with Gasteiger partial charge in [-0.25, -0.2) is 4.79 Å². The second-order valence-electron chi connectivity index (χ2n) is 4.95. The monoisotopic (exact) mass is 366 g/mol. The first-order valence-corrected chi connectivity index (χ1v) is 7.21. The minimum absolute atomic E-state index is 0.147. The number of aliphatic carboxylic acids is 1. The van der Waals surface area contributed by atoms with Crippen molar-refractivity contribution in [2.75, 3.05) is 5.43 Å². The van der Waals surface area contributed by atoms with Crippen molar-refractivity contribution in [1.29, 1.82) is 0 Å². The minimum atomic E-state index is -4.74. The van der Waals surface area contributed by atoms with Crippen molar-refractivity contribution in [3.8, 4) is 5.75 Å². The zero-order valence-electron chi connectivity index (χ0n) is 13.9. The van der Waals surface area contributed by atoms with E-state index in [1.807, 2.05) is 0 Å². The number of carboxylic acid groups (broad SMARTS) is 1. The van der Waals surface area contributed by atoms with Gasteiger partial charge < -0.3 is 9.84 Å². The number of hydrogen-bond acceptors (Lipinski definition) is 4. The van der Waals surface area contributed by atoms with Gasteiger partial charge in [0.1, 0.15) is 5.75 Å². The molecule has 0 heterocycles. The molecule has 0 amide bonds. The molecule has 26 heavy (non-hydrogen) atoms. The summed E-state index contributed by atoms with van der Waals surface area (Å²) < 4.78 is 40.0. The summed E-state index contributed by atoms with van der Waals surface area (Å²) in [7, 11) is 0. The van der Waals surface area contributed by atoms with Gasteiger partial charge >= 0.3 is 12.3 Å². The summed E-state index contributed by atoms with van der Waals surface area (Å²) in [4.78, 5) is 10.7. The average molecular weight is 366 g/mol. The molecule has 1 rings (SSSR count). The average Bonchev–Trinajstić information content (AvgIpc) is 2.55. The molecule has 0 aliphatic carbocycles. The third-order valence-corrected chi connectivity index (χ3v) is 2.94. The van der Waals surface area contributed by atoms with Crippen LogP contribution in [0.15, 0.2) is 77.5 Å². The molecule has 0 saturated heterocycles. The highest BCUT2D eigenvalue weighted by Gasteiger charge is 2.30. The van der Waals surface area contributed by atoms with E-state index >= 15 is 0 Å². The molecule has 0 unspecified atom stereocenters. The van der Waals surface area contributed by atoms with Crippen LogP contribution < -0.4 is 10.2 Å². The quantitative estimate of drug-likeness (QED) is 0.303. The van der Waals surface area contributed by atoms with E-state index < -0.39 is 12.3 Å². The van der Waals surface area contributed by atoms with E-state index in [0.717, 1.165) is 12.1 Å². The van der Waals surface area contributed by atoms with E-state index in [1.54, 1.807) is 0 Å². The number of benzene rings is 1. The highest BCUT2D eigenvalue weighted by atomic mass is 19.4. The standard InChI is InChI=1S/C18H17F3N2O3/c1-4-14(6-5-12(2)17(24)25)13(3)11-22-23-15-7-9-16(10-8-15)26-18(19,20)21/h4-11,23H,1,3H2,2H3,(H,24,25)/b12-5+,14-6+,22-11-. The van der Waals surface area contributed by atoms with E-state index in [-0.39, 0.29) is 11.3 Å². The first-order valence-electron chi connectivity index (χ1n) is 7.21. The van der Waals surface area contributed by atoms with Crippen LogP contribution in [-0.2, 0) is 4.79 Å². The molecule has 0 aromatic heterocycles. The van der Waals surface area contributed by atoms with Crippen LogP contribution in [0.2, 0.25) is 0 Å². The summed E-state index contributed by atoms with van der Waals surface area (Å²) in [6, 6.07) is 5.03. The van der Waals surface area contributed by atoms with Gasteiger partial charge in [-0.1, -0.05) is 31.4 Å². The van der Waals surface area contributed by atoms with Crippen LogP contribution in [0, 0.1) is 0 Å². The molecule has 0 radical (unpaired) electrons. The SMILES string of the molecule is C=C/C(=C\C=C(/C)C(=O)O)C(=C)/C=N\Nc1ccc(OC(F)(F)F)cc1. The van der Waals surface area contributed by atoms with Gasteiger partial charge in [-0.15, -0.1) is 13.2 Å². The molecular formula is C18H17F3N2O3. The maximum atomic E-state index is 12.1. The van der Waals surface area contributed by atoms with E-state index in [1.165, 1.54) is 43.5 Å². The first kappa shape index (κ1) is 20.8. The molecule has 0 bridgehead atoms. The molecule has 8 heteroatoms. The Morgan fingerprint density at radius 3 is 2.38 bits per heavy atom. The Balaban J connectivity index is 2.71. The molecule has 0 saturated carbocycles. The summed E-state index contributed by atoms with van der Waals surface area (Å²) in [5.41, 5.74) is 4.23. The highest BCUT2D eigenvalue weighted by Crippen LogP contribution is 2.23. The number of carboxylic acids is 1. The maximum Gasteiger partial charge on any atom is 0.573 e. The van der Waals surface area contributed by atoms with Crippen LogP contribution in [0.3, 0.4) is 0 Å². The van der Waals surface area contributed by atoms with Gasteiger partial charge in [-0.2, -0.15) is 5.10 Å². The topological polar surface area (TPSA) is 70.9 Å². The summed E-state index contributed by atoms with van der Waals surface area (Å²) >= 11 is 0. The number of ether oxygens (including phenoxy) is 1. The fourth-order valence-electron chi connectivity index (χ4n) is 1.58. The second-order valence-corrected chi connectivity index (χ2v) is 4.95. The summed E-state index contributed by atoms with van der Waals surface area (Å²) in [6.07, 6.45) is 1.06. The van der Waals surface area contributed by atoms with Crippen LogP contribution in [0.5, 0.6) is 5.75 Å². The zero-order chi connectivity index (χ0) is 19.7. The Labute approximate surface area is 148 Å². The largest absolute Gasteiger partial charge is 0.573 e. The maximum absolute atomic E-state index is 12.1. The van der Waals surface area contributed by atoms with Crippen LogP contribution in [-0.4, -0.2) is 23.7 Å². The smallest absolute Gasteiger partial charge is 0.478 e. The number of allylic oxidation sites excluding steroid dienone is 5. The molecule has 0 fully saturated rings. The summed E-state index contributed by atoms with van der Waals surface area (Å²) in [5, 5.41) is 12.7. The Morgan fingerprint density at radius 1 is 1.27 bits per heavy atom. The van der Waals surface area contributed by atoms with Crippen molar-refractivity contribution in [3.63, 3.8) is 0 Å². The van der Waals surface area contributed by atoms with Crippen molar-refractivity contribution in [2.45, 2.75) is 13.3 Å². The van der Waals surface area contributed by atoms with Crippen molar-refractivity contribution in [1.82, 2.24) is 0 Å². The van der Waals surface area contributed by atoms with Crippen molar-refractivity contribution in [2.24, 2.45) is 5.10 Å². The molecule has 2 N–H and O–H groups in total. The van der Waals surface area contributed by atoms with E-state index in [2.05, 4.69) is 28.4 Å². The lowest BCUT2D eigenvalue weighted by Crippen LogP contribution is -2.16. The Morgan fingerprint density at radius 2 is 1.88 bits per heavy atom. The molecule has 0 aliphatic rings. The number of hydrogen-bond donors (Lipinski definition) is 2. The Hall–Kier alpha value is -3.29. The van der Waals surface area contributed by atoms with Crippen molar-refractivity contribution < 1.29 is 27.8 Å². The van der Waals surface area contributed by atoms with E-state index in [0.29, 0.717) is 16.8 Å². The molecule has 138 valence electrons. The van der Waals surface area contributed by atoms with Gasteiger partial charge in [0.05, 0.1) is 11.9 Å². The van der Waals surface area contributed by atoms with Gasteiger partial charge in [-0.05, 0) is 42.3 Å². The number of anilines is 1. The van der Waals surface area contributed by atoms with Gasteiger partial charge in [0.2, 0.25) is 0 Å². The molecule has 1 aromatic carbocycles. The van der Waals surface area contributed by atoms with E-state index in [4.69, 9.17) is 5.11 Å². The lowest BCUT2D eigenvalue weighted by atomic mass is 10.1. The van der Waals surface area contributed by atoms with Crippen molar-refractivity contribution >= 4 is 17.9 Å². The lowest BCUT2D eigenvalue weighted by molar-refractivity contribution is -0.274. The van der Waals surface area contributed by atoms with Gasteiger partial charge in [-0.3, -0.25) is 5.43 Å². The Bertz CT molecular complexity index is 761. The number of alkyl halides is 3. The Kier molecular flexibility index (Phi) is 7.39. The molecule has 1 aromatic rings. The third-order valence-electron chi connectivity index (χ3n) is 2.94.